The maximum Gasteiger partial charge on any atom is 0.389 e. The van der Waals surface area contributed by atoms with Crippen LogP contribution in [-0.4, -0.2) is 52.9 Å². The van der Waals surface area contributed by atoms with Crippen LogP contribution in [-0.2, 0) is 6.42 Å². The highest BCUT2D eigenvalue weighted by Crippen LogP contribution is 2.39. The van der Waals surface area contributed by atoms with E-state index < -0.39 is 12.6 Å². The first-order chi connectivity index (χ1) is 18.2. The van der Waals surface area contributed by atoms with Gasteiger partial charge in [0.05, 0.1) is 28.6 Å². The second-order valence-electron chi connectivity index (χ2n) is 9.87. The third-order valence-corrected chi connectivity index (χ3v) is 7.61. The molecule has 1 fully saturated rings. The van der Waals surface area contributed by atoms with Gasteiger partial charge in [-0.1, -0.05) is 30.2 Å². The topological polar surface area (TPSA) is 37.7 Å². The van der Waals surface area contributed by atoms with E-state index in [1.807, 2.05) is 48.3 Å². The van der Waals surface area contributed by atoms with Crippen molar-refractivity contribution in [3.63, 3.8) is 0 Å². The quantitative estimate of drug-likeness (QED) is 0.294. The normalized spacial score (nSPS) is 16.6. The fraction of sp³-hybridized carbons (Fsp3) is 0.414. The number of piperidine rings is 1. The molecule has 0 bridgehead atoms. The fourth-order valence-corrected chi connectivity index (χ4v) is 5.74. The average Bonchev–Trinajstić information content (AvgIpc) is 3.20. The van der Waals surface area contributed by atoms with E-state index in [0.29, 0.717) is 29.3 Å². The SMILES string of the molecule is Cc1c2c(n(-c3ccccc3Cl)c1-c1ccc(OCCCC(F)(F)F)cc1)CCN(N1CCCCC1)C2=O. The van der Waals surface area contributed by atoms with Crippen LogP contribution in [0.25, 0.3) is 16.9 Å². The van der Waals surface area contributed by atoms with Gasteiger partial charge in [0, 0.05) is 38.2 Å². The monoisotopic (exact) mass is 545 g/mol. The Balaban J connectivity index is 1.50. The number of aromatic nitrogens is 1. The number of hydrogen-bond donors (Lipinski definition) is 0. The van der Waals surface area contributed by atoms with Crippen LogP contribution in [0, 0.1) is 6.92 Å². The van der Waals surface area contributed by atoms with E-state index in [4.69, 9.17) is 16.3 Å². The van der Waals surface area contributed by atoms with Crippen LogP contribution in [0.3, 0.4) is 0 Å². The van der Waals surface area contributed by atoms with Crippen molar-refractivity contribution in [1.82, 2.24) is 14.6 Å². The molecular weight excluding hydrogens is 515 g/mol. The van der Waals surface area contributed by atoms with Gasteiger partial charge >= 0.3 is 6.18 Å². The van der Waals surface area contributed by atoms with E-state index >= 15 is 0 Å². The number of hydrogen-bond acceptors (Lipinski definition) is 3. The fourth-order valence-electron chi connectivity index (χ4n) is 5.52. The Morgan fingerprint density at radius 3 is 2.37 bits per heavy atom. The molecule has 0 saturated carbocycles. The van der Waals surface area contributed by atoms with Crippen LogP contribution in [0.5, 0.6) is 5.75 Å². The molecule has 0 unspecified atom stereocenters. The summed E-state index contributed by atoms with van der Waals surface area (Å²) in [5, 5.41) is 4.68. The number of ether oxygens (including phenoxy) is 1. The van der Waals surface area contributed by atoms with E-state index in [0.717, 1.165) is 54.1 Å². The molecular formula is C29H31ClF3N3O2. The molecule has 9 heteroatoms. The molecule has 0 N–H and O–H groups in total. The predicted octanol–water partition coefficient (Wildman–Crippen LogP) is 7.23. The van der Waals surface area contributed by atoms with Gasteiger partial charge in [0.25, 0.3) is 5.91 Å². The van der Waals surface area contributed by atoms with Crippen LogP contribution in [0.4, 0.5) is 13.2 Å². The Hall–Kier alpha value is -2.97. The molecule has 38 heavy (non-hydrogen) atoms. The van der Waals surface area contributed by atoms with Gasteiger partial charge in [0.15, 0.2) is 0 Å². The Kier molecular flexibility index (Phi) is 7.73. The number of carbonyl (C=O) groups excluding carboxylic acids is 1. The second kappa shape index (κ2) is 11.0. The minimum atomic E-state index is -4.19. The van der Waals surface area contributed by atoms with E-state index in [1.54, 1.807) is 12.1 Å². The summed E-state index contributed by atoms with van der Waals surface area (Å²) >= 11 is 6.66. The highest BCUT2D eigenvalue weighted by Gasteiger charge is 2.36. The standard InChI is InChI=1S/C29H31ClF3N3O2/c1-20-26-25(14-18-35(28(26)37)34-16-5-2-6-17-34)36(24-9-4-3-8-23(24)30)27(20)21-10-12-22(13-11-21)38-19-7-15-29(31,32)33/h3-4,8-13H,2,5-7,14-19H2,1H3. The molecule has 5 rings (SSSR count). The summed E-state index contributed by atoms with van der Waals surface area (Å²) < 4.78 is 44.9. The summed E-state index contributed by atoms with van der Waals surface area (Å²) in [6, 6.07) is 14.9. The minimum Gasteiger partial charge on any atom is -0.494 e. The molecule has 202 valence electrons. The lowest BCUT2D eigenvalue weighted by Gasteiger charge is -2.39. The van der Waals surface area contributed by atoms with Gasteiger partial charge in [-0.05, 0) is 73.7 Å². The van der Waals surface area contributed by atoms with Crippen molar-refractivity contribution in [2.45, 2.75) is 51.6 Å². The zero-order chi connectivity index (χ0) is 26.9. The number of hydrazine groups is 1. The van der Waals surface area contributed by atoms with Gasteiger partial charge in [-0.2, -0.15) is 13.2 Å². The first kappa shape index (κ1) is 26.6. The van der Waals surface area contributed by atoms with Gasteiger partial charge < -0.3 is 9.30 Å². The third-order valence-electron chi connectivity index (χ3n) is 7.29. The van der Waals surface area contributed by atoms with Crippen molar-refractivity contribution in [1.29, 1.82) is 0 Å². The molecule has 1 saturated heterocycles. The molecule has 3 heterocycles. The van der Waals surface area contributed by atoms with E-state index in [2.05, 4.69) is 9.58 Å². The number of alkyl halides is 3. The second-order valence-corrected chi connectivity index (χ2v) is 10.3. The lowest BCUT2D eigenvalue weighted by Crippen LogP contribution is -2.51. The van der Waals surface area contributed by atoms with Crippen molar-refractivity contribution in [3.05, 3.63) is 70.4 Å². The number of carbonyl (C=O) groups is 1. The summed E-state index contributed by atoms with van der Waals surface area (Å²) in [5.41, 5.74) is 5.09. The minimum absolute atomic E-state index is 0.0109. The molecule has 0 radical (unpaired) electrons. The molecule has 0 aliphatic carbocycles. The van der Waals surface area contributed by atoms with Crippen LogP contribution >= 0.6 is 11.6 Å². The van der Waals surface area contributed by atoms with Crippen molar-refractivity contribution in [2.24, 2.45) is 0 Å². The van der Waals surface area contributed by atoms with Crippen molar-refractivity contribution in [2.75, 3.05) is 26.2 Å². The number of fused-ring (bicyclic) bond motifs is 1. The van der Waals surface area contributed by atoms with Gasteiger partial charge in [0.2, 0.25) is 0 Å². The molecule has 2 aliphatic heterocycles. The molecule has 5 nitrogen and oxygen atoms in total. The Bertz CT molecular complexity index is 1300. The molecule has 1 amide bonds. The van der Waals surface area contributed by atoms with Crippen LogP contribution < -0.4 is 4.74 Å². The lowest BCUT2D eigenvalue weighted by molar-refractivity contribution is -0.136. The number of rotatable bonds is 7. The Labute approximate surface area is 225 Å². The Morgan fingerprint density at radius 1 is 0.974 bits per heavy atom. The van der Waals surface area contributed by atoms with Gasteiger partial charge in [0.1, 0.15) is 5.75 Å². The summed E-state index contributed by atoms with van der Waals surface area (Å²) in [4.78, 5) is 13.9. The highest BCUT2D eigenvalue weighted by molar-refractivity contribution is 6.32. The summed E-state index contributed by atoms with van der Waals surface area (Å²) in [6.45, 7) is 4.36. The zero-order valence-corrected chi connectivity index (χ0v) is 22.1. The molecule has 0 atom stereocenters. The van der Waals surface area contributed by atoms with Gasteiger partial charge in [-0.25, -0.2) is 5.01 Å². The number of benzene rings is 2. The summed E-state index contributed by atoms with van der Waals surface area (Å²) in [5.74, 6) is 0.517. The highest BCUT2D eigenvalue weighted by atomic mass is 35.5. The number of halogens is 4. The van der Waals surface area contributed by atoms with Crippen molar-refractivity contribution >= 4 is 17.5 Å². The van der Waals surface area contributed by atoms with Crippen molar-refractivity contribution in [3.8, 4) is 22.7 Å². The molecule has 1 aromatic heterocycles. The van der Waals surface area contributed by atoms with Crippen LogP contribution in [0.2, 0.25) is 5.02 Å². The van der Waals surface area contributed by atoms with E-state index in [9.17, 15) is 18.0 Å². The van der Waals surface area contributed by atoms with Crippen LogP contribution in [0.1, 0.15) is 53.7 Å². The zero-order valence-electron chi connectivity index (χ0n) is 21.4. The molecule has 0 spiro atoms. The van der Waals surface area contributed by atoms with Crippen molar-refractivity contribution < 1.29 is 22.7 Å². The Morgan fingerprint density at radius 2 is 1.68 bits per heavy atom. The van der Waals surface area contributed by atoms with E-state index in [1.165, 1.54) is 6.42 Å². The largest absolute Gasteiger partial charge is 0.494 e. The maximum absolute atomic E-state index is 13.9. The summed E-state index contributed by atoms with van der Waals surface area (Å²) in [7, 11) is 0. The first-order valence-electron chi connectivity index (χ1n) is 13.1. The third kappa shape index (κ3) is 5.43. The predicted molar refractivity (Wildman–Crippen MR) is 142 cm³/mol. The van der Waals surface area contributed by atoms with Crippen LogP contribution in [0.15, 0.2) is 48.5 Å². The average molecular weight is 546 g/mol. The molecule has 2 aromatic carbocycles. The first-order valence-corrected chi connectivity index (χ1v) is 13.5. The maximum atomic E-state index is 13.9. The molecule has 3 aromatic rings. The van der Waals surface area contributed by atoms with Gasteiger partial charge in [-0.15, -0.1) is 0 Å². The molecule has 2 aliphatic rings. The van der Waals surface area contributed by atoms with E-state index in [-0.39, 0.29) is 18.9 Å². The number of amides is 1. The number of nitrogens with zero attached hydrogens (tertiary/aromatic N) is 3. The smallest absolute Gasteiger partial charge is 0.389 e. The van der Waals surface area contributed by atoms with Gasteiger partial charge in [-0.3, -0.25) is 9.80 Å². The summed E-state index contributed by atoms with van der Waals surface area (Å²) in [6.07, 6.45) is -1.08. The lowest BCUT2D eigenvalue weighted by atomic mass is 10.0. The number of para-hydroxylation sites is 1.